The fourth-order valence-corrected chi connectivity index (χ4v) is 1.74. The van der Waals surface area contributed by atoms with E-state index in [0.29, 0.717) is 18.4 Å². The van der Waals surface area contributed by atoms with E-state index in [1.807, 2.05) is 36.4 Å². The minimum absolute atomic E-state index is 0.447. The van der Waals surface area contributed by atoms with Crippen molar-refractivity contribution in [1.82, 2.24) is 4.98 Å². The molecule has 2 aromatic rings. The Morgan fingerprint density at radius 2 is 2.06 bits per heavy atom. The monoisotopic (exact) mass is 263 g/mol. The number of pyridine rings is 1. The summed E-state index contributed by atoms with van der Waals surface area (Å²) in [6, 6.07) is 11.4. The number of nitrogens with zero attached hydrogens (tertiary/aromatic N) is 1. The average Bonchev–Trinajstić information content (AvgIpc) is 2.40. The molecule has 0 unspecified atom stereocenters. The molecular formula is C14H14ClNO2. The Balaban J connectivity index is 2.14. The van der Waals surface area contributed by atoms with Gasteiger partial charge in [-0.3, -0.25) is 0 Å². The van der Waals surface area contributed by atoms with Crippen LogP contribution in [0.4, 0.5) is 0 Å². The predicted octanol–water partition coefficient (Wildman–Crippen LogP) is 3.76. The highest BCUT2D eigenvalue weighted by Gasteiger charge is 2.01. The van der Waals surface area contributed by atoms with Crippen molar-refractivity contribution in [1.29, 1.82) is 0 Å². The maximum atomic E-state index is 5.77. The van der Waals surface area contributed by atoms with Gasteiger partial charge >= 0.3 is 0 Å². The third-order valence-corrected chi connectivity index (χ3v) is 2.69. The van der Waals surface area contributed by atoms with Crippen LogP contribution < -0.4 is 4.74 Å². The van der Waals surface area contributed by atoms with Gasteiger partial charge in [-0.05, 0) is 29.3 Å². The normalized spacial score (nSPS) is 10.3. The summed E-state index contributed by atoms with van der Waals surface area (Å²) in [5, 5.41) is 0. The molecule has 94 valence electrons. The number of hydrogen-bond acceptors (Lipinski definition) is 3. The molecule has 0 fully saturated rings. The second kappa shape index (κ2) is 6.38. The first-order chi connectivity index (χ1) is 8.81. The number of benzene rings is 1. The van der Waals surface area contributed by atoms with Crippen LogP contribution in [0.15, 0.2) is 42.6 Å². The van der Waals surface area contributed by atoms with Gasteiger partial charge in [0.25, 0.3) is 0 Å². The predicted molar refractivity (Wildman–Crippen MR) is 71.0 cm³/mol. The fourth-order valence-electron chi connectivity index (χ4n) is 1.58. The topological polar surface area (TPSA) is 31.4 Å². The molecule has 0 aliphatic carbocycles. The average molecular weight is 264 g/mol. The maximum absolute atomic E-state index is 5.77. The molecule has 4 heteroatoms. The molecule has 0 bridgehead atoms. The van der Waals surface area contributed by atoms with Gasteiger partial charge in [0.15, 0.2) is 0 Å². The highest BCUT2D eigenvalue weighted by molar-refractivity contribution is 6.17. The molecule has 0 aliphatic heterocycles. The van der Waals surface area contributed by atoms with Crippen LogP contribution in [0, 0.1) is 0 Å². The van der Waals surface area contributed by atoms with Crippen molar-refractivity contribution < 1.29 is 9.47 Å². The Labute approximate surface area is 111 Å². The molecule has 0 radical (unpaired) electrons. The first-order valence-corrected chi connectivity index (χ1v) is 6.12. The van der Waals surface area contributed by atoms with Gasteiger partial charge in [-0.1, -0.05) is 12.1 Å². The zero-order valence-corrected chi connectivity index (χ0v) is 10.9. The van der Waals surface area contributed by atoms with Crippen LogP contribution >= 0.6 is 11.6 Å². The van der Waals surface area contributed by atoms with Crippen LogP contribution in [0.5, 0.6) is 11.6 Å². The van der Waals surface area contributed by atoms with Gasteiger partial charge in [0.2, 0.25) is 5.88 Å². The van der Waals surface area contributed by atoms with Crippen LogP contribution in [0.1, 0.15) is 11.1 Å². The SMILES string of the molecule is COCc1cccc(Oc2cc(CCl)ccn2)c1. The van der Waals surface area contributed by atoms with E-state index in [2.05, 4.69) is 4.98 Å². The summed E-state index contributed by atoms with van der Waals surface area (Å²) in [6.07, 6.45) is 1.69. The van der Waals surface area contributed by atoms with Crippen LogP contribution in [0.3, 0.4) is 0 Å². The van der Waals surface area contributed by atoms with Gasteiger partial charge in [-0.2, -0.15) is 0 Å². The number of methoxy groups -OCH3 is 1. The molecule has 1 aromatic heterocycles. The van der Waals surface area contributed by atoms with Crippen molar-refractivity contribution in [2.75, 3.05) is 7.11 Å². The Morgan fingerprint density at radius 1 is 1.17 bits per heavy atom. The van der Waals surface area contributed by atoms with Gasteiger partial charge in [-0.25, -0.2) is 4.98 Å². The smallest absolute Gasteiger partial charge is 0.219 e. The first kappa shape index (κ1) is 12.9. The van der Waals surface area contributed by atoms with E-state index in [4.69, 9.17) is 21.1 Å². The minimum Gasteiger partial charge on any atom is -0.439 e. The highest BCUT2D eigenvalue weighted by Crippen LogP contribution is 2.21. The lowest BCUT2D eigenvalue weighted by molar-refractivity contribution is 0.184. The summed E-state index contributed by atoms with van der Waals surface area (Å²) in [7, 11) is 1.67. The Bertz CT molecular complexity index is 517. The third kappa shape index (κ3) is 3.45. The van der Waals surface area contributed by atoms with Crippen molar-refractivity contribution >= 4 is 11.6 Å². The maximum Gasteiger partial charge on any atom is 0.219 e. The summed E-state index contributed by atoms with van der Waals surface area (Å²) in [5.41, 5.74) is 2.04. The van der Waals surface area contributed by atoms with Crippen molar-refractivity contribution in [3.8, 4) is 11.6 Å². The van der Waals surface area contributed by atoms with Crippen LogP contribution in [-0.2, 0) is 17.2 Å². The standard InChI is InChI=1S/C14H14ClNO2/c1-17-10-12-3-2-4-13(7-12)18-14-8-11(9-15)5-6-16-14/h2-8H,9-10H2,1H3. The Morgan fingerprint density at radius 3 is 2.83 bits per heavy atom. The van der Waals surface area contributed by atoms with Gasteiger partial charge < -0.3 is 9.47 Å². The number of ether oxygens (including phenoxy) is 2. The lowest BCUT2D eigenvalue weighted by Gasteiger charge is -2.07. The second-order valence-corrected chi connectivity index (χ2v) is 4.09. The Hall–Kier alpha value is -1.58. The van der Waals surface area contributed by atoms with Crippen molar-refractivity contribution in [2.45, 2.75) is 12.5 Å². The molecule has 0 amide bonds. The summed E-state index contributed by atoms with van der Waals surface area (Å²) in [4.78, 5) is 4.15. The summed E-state index contributed by atoms with van der Waals surface area (Å²) in [5.74, 6) is 1.73. The molecule has 0 saturated carbocycles. The second-order valence-electron chi connectivity index (χ2n) is 3.82. The molecule has 0 saturated heterocycles. The molecule has 3 nitrogen and oxygen atoms in total. The quantitative estimate of drug-likeness (QED) is 0.770. The van der Waals surface area contributed by atoms with Gasteiger partial charge in [0.05, 0.1) is 6.61 Å². The number of alkyl halides is 1. The molecule has 1 heterocycles. The molecular weight excluding hydrogens is 250 g/mol. The summed E-state index contributed by atoms with van der Waals surface area (Å²) >= 11 is 5.77. The first-order valence-electron chi connectivity index (χ1n) is 5.58. The fraction of sp³-hybridized carbons (Fsp3) is 0.214. The van der Waals surface area contributed by atoms with Crippen LogP contribution in [-0.4, -0.2) is 12.1 Å². The molecule has 1 aromatic carbocycles. The zero-order chi connectivity index (χ0) is 12.8. The number of aromatic nitrogens is 1. The van der Waals surface area contributed by atoms with E-state index in [0.717, 1.165) is 16.9 Å². The molecule has 2 rings (SSSR count). The molecule has 0 spiro atoms. The van der Waals surface area contributed by atoms with Gasteiger partial charge in [0, 0.05) is 25.3 Å². The Kier molecular flexibility index (Phi) is 4.56. The lowest BCUT2D eigenvalue weighted by atomic mass is 10.2. The third-order valence-electron chi connectivity index (χ3n) is 2.39. The van der Waals surface area contributed by atoms with E-state index in [1.165, 1.54) is 0 Å². The van der Waals surface area contributed by atoms with Gasteiger partial charge in [-0.15, -0.1) is 11.6 Å². The van der Waals surface area contributed by atoms with E-state index >= 15 is 0 Å². The van der Waals surface area contributed by atoms with Crippen LogP contribution in [0.2, 0.25) is 0 Å². The van der Waals surface area contributed by atoms with E-state index < -0.39 is 0 Å². The zero-order valence-electron chi connectivity index (χ0n) is 10.1. The number of rotatable bonds is 5. The van der Waals surface area contributed by atoms with Crippen LogP contribution in [0.25, 0.3) is 0 Å². The minimum atomic E-state index is 0.447. The van der Waals surface area contributed by atoms with E-state index in [-0.39, 0.29) is 0 Å². The molecule has 0 atom stereocenters. The largest absolute Gasteiger partial charge is 0.439 e. The molecule has 0 N–H and O–H groups in total. The highest BCUT2D eigenvalue weighted by atomic mass is 35.5. The summed E-state index contributed by atoms with van der Waals surface area (Å²) < 4.78 is 10.8. The van der Waals surface area contributed by atoms with Gasteiger partial charge in [0.1, 0.15) is 5.75 Å². The van der Waals surface area contributed by atoms with E-state index in [1.54, 1.807) is 13.3 Å². The molecule has 0 aliphatic rings. The molecule has 18 heavy (non-hydrogen) atoms. The number of hydrogen-bond donors (Lipinski definition) is 0. The van der Waals surface area contributed by atoms with E-state index in [9.17, 15) is 0 Å². The van der Waals surface area contributed by atoms with Crippen molar-refractivity contribution in [2.24, 2.45) is 0 Å². The summed E-state index contributed by atoms with van der Waals surface area (Å²) in [6.45, 7) is 0.562. The van der Waals surface area contributed by atoms with Crippen molar-refractivity contribution in [3.63, 3.8) is 0 Å². The number of halogens is 1. The lowest BCUT2D eigenvalue weighted by Crippen LogP contribution is -1.91. The van der Waals surface area contributed by atoms with Crippen molar-refractivity contribution in [3.05, 3.63) is 53.7 Å².